The van der Waals surface area contributed by atoms with Crippen molar-refractivity contribution < 1.29 is 19.1 Å². The number of Topliss-reactive ketones (excluding diaryl/α,β-unsaturated/α-hetero) is 1. The molecule has 132 valence electrons. The Hall–Kier alpha value is -2.67. The maximum Gasteiger partial charge on any atom is 0.354 e. The number of carbonyl (C=O) groups is 3. The van der Waals surface area contributed by atoms with Crippen LogP contribution in [0.25, 0.3) is 0 Å². The van der Waals surface area contributed by atoms with Gasteiger partial charge in [-0.1, -0.05) is 12.1 Å². The smallest absolute Gasteiger partial charge is 0.354 e. The van der Waals surface area contributed by atoms with E-state index in [1.807, 2.05) is 5.38 Å². The number of esters is 1. The topological polar surface area (TPSA) is 79.5 Å². The Bertz CT molecular complexity index is 805. The molecule has 0 fully saturated rings. The molecule has 6 nitrogen and oxygen atoms in total. The quantitative estimate of drug-likeness (QED) is 0.468. The molecule has 25 heavy (non-hydrogen) atoms. The molecule has 7 heteroatoms. The van der Waals surface area contributed by atoms with E-state index in [9.17, 15) is 14.4 Å². The average molecular weight is 360 g/mol. The summed E-state index contributed by atoms with van der Waals surface area (Å²) in [5.41, 5.74) is 1.76. The fourth-order valence-electron chi connectivity index (χ4n) is 2.66. The predicted molar refractivity (Wildman–Crippen MR) is 96.4 cm³/mol. The minimum atomic E-state index is -0.530. The Labute approximate surface area is 150 Å². The van der Waals surface area contributed by atoms with Crippen molar-refractivity contribution in [2.24, 2.45) is 0 Å². The van der Waals surface area contributed by atoms with E-state index in [2.05, 4.69) is 11.6 Å². The highest BCUT2D eigenvalue weighted by atomic mass is 32.1. The molecule has 0 aliphatic carbocycles. The van der Waals surface area contributed by atoms with Crippen molar-refractivity contribution in [2.75, 3.05) is 20.2 Å². The number of aryl methyl sites for hydroxylation is 1. The summed E-state index contributed by atoms with van der Waals surface area (Å²) in [6.07, 6.45) is 1.58. The molecule has 0 spiro atoms. The zero-order valence-electron chi connectivity index (χ0n) is 14.4. The monoisotopic (exact) mass is 360 g/mol. The average Bonchev–Trinajstić information content (AvgIpc) is 3.21. The van der Waals surface area contributed by atoms with Gasteiger partial charge < -0.3 is 14.6 Å². The number of nitrogens with one attached hydrogen (secondary N) is 1. The number of ether oxygens (including phenoxy) is 1. The Morgan fingerprint density at radius 1 is 1.36 bits per heavy atom. The lowest BCUT2D eigenvalue weighted by atomic mass is 10.1. The maximum absolute atomic E-state index is 12.8. The number of rotatable bonds is 7. The first-order valence-electron chi connectivity index (χ1n) is 7.65. The number of H-pyrrole nitrogens is 1. The van der Waals surface area contributed by atoms with Crippen molar-refractivity contribution in [2.45, 2.75) is 13.8 Å². The first-order valence-corrected chi connectivity index (χ1v) is 8.53. The Kier molecular flexibility index (Phi) is 5.93. The SMILES string of the molecule is C=CCN(CC(=O)c1c(C)[nH]c(C(=O)OC)c1C)C(=O)c1cccs1. The number of aromatic nitrogens is 1. The fraction of sp³-hybridized carbons (Fsp3) is 0.278. The summed E-state index contributed by atoms with van der Waals surface area (Å²) in [7, 11) is 1.28. The van der Waals surface area contributed by atoms with E-state index in [1.165, 1.54) is 23.3 Å². The summed E-state index contributed by atoms with van der Waals surface area (Å²) in [6, 6.07) is 3.50. The fourth-order valence-corrected chi connectivity index (χ4v) is 3.35. The van der Waals surface area contributed by atoms with E-state index >= 15 is 0 Å². The van der Waals surface area contributed by atoms with Crippen LogP contribution in [0.5, 0.6) is 0 Å². The van der Waals surface area contributed by atoms with Gasteiger partial charge in [-0.2, -0.15) is 0 Å². The van der Waals surface area contributed by atoms with E-state index in [4.69, 9.17) is 4.74 Å². The number of hydrogen-bond acceptors (Lipinski definition) is 5. The molecule has 0 atom stereocenters. The molecule has 2 aromatic rings. The van der Waals surface area contributed by atoms with Crippen LogP contribution in [0.4, 0.5) is 0 Å². The predicted octanol–water partition coefficient (Wildman–Crippen LogP) is 2.99. The van der Waals surface area contributed by atoms with Crippen LogP contribution in [0.2, 0.25) is 0 Å². The first kappa shape index (κ1) is 18.7. The normalized spacial score (nSPS) is 10.4. The Balaban J connectivity index is 2.27. The van der Waals surface area contributed by atoms with Crippen LogP contribution in [-0.4, -0.2) is 47.7 Å². The second kappa shape index (κ2) is 7.94. The lowest BCUT2D eigenvalue weighted by molar-refractivity contribution is 0.0593. The van der Waals surface area contributed by atoms with Crippen molar-refractivity contribution in [3.05, 3.63) is 57.6 Å². The molecule has 0 radical (unpaired) electrons. The third kappa shape index (κ3) is 3.88. The van der Waals surface area contributed by atoms with Crippen LogP contribution in [0.15, 0.2) is 30.2 Å². The first-order chi connectivity index (χ1) is 11.9. The second-order valence-electron chi connectivity index (χ2n) is 5.49. The van der Waals surface area contributed by atoms with Gasteiger partial charge >= 0.3 is 5.97 Å². The summed E-state index contributed by atoms with van der Waals surface area (Å²) >= 11 is 1.32. The molecule has 0 aromatic carbocycles. The third-order valence-electron chi connectivity index (χ3n) is 3.81. The standard InChI is InChI=1S/C18H20N2O4S/c1-5-8-20(17(22)14-7-6-9-25-14)10-13(21)15-11(2)16(18(23)24-4)19-12(15)3/h5-7,9,19H,1,8,10H2,2-4H3. The zero-order valence-corrected chi connectivity index (χ0v) is 15.2. The minimum Gasteiger partial charge on any atom is -0.464 e. The highest BCUT2D eigenvalue weighted by Crippen LogP contribution is 2.20. The van der Waals surface area contributed by atoms with E-state index in [0.717, 1.165) is 0 Å². The summed E-state index contributed by atoms with van der Waals surface area (Å²) in [6.45, 7) is 7.21. The highest BCUT2D eigenvalue weighted by Gasteiger charge is 2.25. The van der Waals surface area contributed by atoms with Gasteiger partial charge in [0, 0.05) is 17.8 Å². The second-order valence-corrected chi connectivity index (χ2v) is 6.44. The van der Waals surface area contributed by atoms with E-state index in [-0.39, 0.29) is 30.5 Å². The summed E-state index contributed by atoms with van der Waals surface area (Å²) < 4.78 is 4.71. The molecule has 0 aliphatic rings. The van der Waals surface area contributed by atoms with E-state index in [1.54, 1.807) is 32.1 Å². The largest absolute Gasteiger partial charge is 0.464 e. The molecule has 2 rings (SSSR count). The number of thiophene rings is 1. The van der Waals surface area contributed by atoms with Crippen LogP contribution in [-0.2, 0) is 4.74 Å². The number of hydrogen-bond donors (Lipinski definition) is 1. The molecule has 1 amide bonds. The molecule has 0 saturated carbocycles. The van der Waals surface area contributed by atoms with Crippen molar-refractivity contribution in [1.29, 1.82) is 0 Å². The minimum absolute atomic E-state index is 0.0943. The van der Waals surface area contributed by atoms with Crippen molar-refractivity contribution >= 4 is 29.0 Å². The Morgan fingerprint density at radius 3 is 2.64 bits per heavy atom. The number of methoxy groups -OCH3 is 1. The van der Waals surface area contributed by atoms with Gasteiger partial charge in [-0.05, 0) is 30.9 Å². The van der Waals surface area contributed by atoms with Gasteiger partial charge in [0.25, 0.3) is 5.91 Å². The van der Waals surface area contributed by atoms with E-state index < -0.39 is 5.97 Å². The molecule has 0 aliphatic heterocycles. The van der Waals surface area contributed by atoms with Crippen LogP contribution >= 0.6 is 11.3 Å². The number of carbonyl (C=O) groups excluding carboxylic acids is 3. The van der Waals surface area contributed by atoms with Gasteiger partial charge in [0.2, 0.25) is 0 Å². The van der Waals surface area contributed by atoms with Gasteiger partial charge in [-0.25, -0.2) is 4.79 Å². The molecule has 1 N–H and O–H groups in total. The lowest BCUT2D eigenvalue weighted by Crippen LogP contribution is -2.35. The number of aromatic amines is 1. The van der Waals surface area contributed by atoms with Crippen LogP contribution in [0.3, 0.4) is 0 Å². The van der Waals surface area contributed by atoms with Crippen molar-refractivity contribution in [1.82, 2.24) is 9.88 Å². The van der Waals surface area contributed by atoms with Crippen LogP contribution in [0, 0.1) is 13.8 Å². The molecule has 0 saturated heterocycles. The van der Waals surface area contributed by atoms with Crippen LogP contribution < -0.4 is 0 Å². The summed E-state index contributed by atoms with van der Waals surface area (Å²) in [4.78, 5) is 42.0. The molecule has 2 heterocycles. The van der Waals surface area contributed by atoms with Crippen molar-refractivity contribution in [3.63, 3.8) is 0 Å². The van der Waals surface area contributed by atoms with Gasteiger partial charge in [0.15, 0.2) is 5.78 Å². The molecular formula is C18H20N2O4S. The molecular weight excluding hydrogens is 340 g/mol. The zero-order chi connectivity index (χ0) is 18.6. The van der Waals surface area contributed by atoms with Gasteiger partial charge in [-0.3, -0.25) is 9.59 Å². The summed E-state index contributed by atoms with van der Waals surface area (Å²) in [5.74, 6) is -0.993. The third-order valence-corrected chi connectivity index (χ3v) is 4.67. The molecule has 2 aromatic heterocycles. The summed E-state index contributed by atoms with van der Waals surface area (Å²) in [5, 5.41) is 1.81. The Morgan fingerprint density at radius 2 is 2.08 bits per heavy atom. The molecule has 0 bridgehead atoms. The number of amides is 1. The molecule has 0 unspecified atom stereocenters. The number of nitrogens with zero attached hydrogens (tertiary/aromatic N) is 1. The highest BCUT2D eigenvalue weighted by molar-refractivity contribution is 7.12. The van der Waals surface area contributed by atoms with E-state index in [0.29, 0.717) is 21.7 Å². The lowest BCUT2D eigenvalue weighted by Gasteiger charge is -2.19. The van der Waals surface area contributed by atoms with Gasteiger partial charge in [0.05, 0.1) is 18.5 Å². The number of ketones is 1. The van der Waals surface area contributed by atoms with Crippen molar-refractivity contribution in [3.8, 4) is 0 Å². The van der Waals surface area contributed by atoms with Gasteiger partial charge in [0.1, 0.15) is 5.69 Å². The van der Waals surface area contributed by atoms with Gasteiger partial charge in [-0.15, -0.1) is 17.9 Å². The maximum atomic E-state index is 12.8. The van der Waals surface area contributed by atoms with Crippen LogP contribution in [0.1, 0.15) is 41.8 Å².